The first kappa shape index (κ1) is 16.4. The maximum Gasteiger partial charge on any atom is 0.279 e. The number of thioether (sulfide) groups is 1. The van der Waals surface area contributed by atoms with E-state index in [2.05, 4.69) is 0 Å². The summed E-state index contributed by atoms with van der Waals surface area (Å²) >= 11 is 0.841. The molecule has 7 nitrogen and oxygen atoms in total. The van der Waals surface area contributed by atoms with Gasteiger partial charge in [0.15, 0.2) is 5.12 Å². The first-order chi connectivity index (χ1) is 9.36. The van der Waals surface area contributed by atoms with E-state index in [1.165, 1.54) is 32.2 Å². The lowest BCUT2D eigenvalue weighted by molar-refractivity contribution is -0.386. The largest absolute Gasteiger partial charge is 0.497 e. The van der Waals surface area contributed by atoms with E-state index in [4.69, 9.17) is 4.74 Å². The fourth-order valence-electron chi connectivity index (χ4n) is 1.56. The fourth-order valence-corrected chi connectivity index (χ4v) is 2.15. The van der Waals surface area contributed by atoms with Crippen LogP contribution in [0.1, 0.15) is 18.6 Å². The van der Waals surface area contributed by atoms with Gasteiger partial charge in [0.25, 0.3) is 5.69 Å². The normalized spacial score (nSPS) is 13.6. The Morgan fingerprint density at radius 2 is 2.15 bits per heavy atom. The Morgan fingerprint density at radius 3 is 2.65 bits per heavy atom. The summed E-state index contributed by atoms with van der Waals surface area (Å²) in [5, 5.41) is 30.5. The maximum atomic E-state index is 11.0. The minimum Gasteiger partial charge on any atom is -0.497 e. The zero-order valence-electron chi connectivity index (χ0n) is 11.0. The highest BCUT2D eigenvalue weighted by atomic mass is 32.2. The van der Waals surface area contributed by atoms with Gasteiger partial charge < -0.3 is 14.9 Å². The van der Waals surface area contributed by atoms with Gasteiger partial charge in [-0.25, -0.2) is 0 Å². The van der Waals surface area contributed by atoms with Gasteiger partial charge in [0, 0.05) is 12.7 Å². The molecule has 1 aromatic carbocycles. The number of nitro benzene ring substituents is 1. The third-order valence-electron chi connectivity index (χ3n) is 2.57. The van der Waals surface area contributed by atoms with Crippen LogP contribution in [0.3, 0.4) is 0 Å². The Balaban J connectivity index is 2.99. The van der Waals surface area contributed by atoms with E-state index in [0.717, 1.165) is 11.8 Å². The molecule has 0 saturated carbocycles. The first-order valence-corrected chi connectivity index (χ1v) is 6.67. The number of hydrogen-bond acceptors (Lipinski definition) is 7. The molecule has 0 aliphatic carbocycles. The summed E-state index contributed by atoms with van der Waals surface area (Å²) in [5.41, 5.74) is -0.365. The van der Waals surface area contributed by atoms with Crippen molar-refractivity contribution in [2.45, 2.75) is 19.1 Å². The molecule has 0 spiro atoms. The highest BCUT2D eigenvalue weighted by Crippen LogP contribution is 2.31. The Labute approximate surface area is 119 Å². The minimum absolute atomic E-state index is 0.0209. The van der Waals surface area contributed by atoms with Crippen molar-refractivity contribution < 1.29 is 24.7 Å². The van der Waals surface area contributed by atoms with E-state index < -0.39 is 17.1 Å². The molecule has 0 amide bonds. The second-order valence-electron chi connectivity index (χ2n) is 4.00. The third kappa shape index (κ3) is 4.19. The molecule has 1 aromatic rings. The molecule has 2 atom stereocenters. The molecule has 110 valence electrons. The first-order valence-electron chi connectivity index (χ1n) is 5.68. The van der Waals surface area contributed by atoms with E-state index in [0.29, 0.717) is 0 Å². The molecule has 2 unspecified atom stereocenters. The number of ether oxygens (including phenoxy) is 1. The van der Waals surface area contributed by atoms with Crippen molar-refractivity contribution in [3.63, 3.8) is 0 Å². The molecule has 0 heterocycles. The molecule has 0 saturated heterocycles. The van der Waals surface area contributed by atoms with Gasteiger partial charge in [0.2, 0.25) is 0 Å². The predicted octanol–water partition coefficient (Wildman–Crippen LogP) is 1.28. The van der Waals surface area contributed by atoms with Crippen LogP contribution in [-0.4, -0.2) is 39.2 Å². The zero-order valence-corrected chi connectivity index (χ0v) is 11.8. The van der Waals surface area contributed by atoms with Gasteiger partial charge in [-0.1, -0.05) is 11.8 Å². The van der Waals surface area contributed by atoms with Crippen LogP contribution in [0.2, 0.25) is 0 Å². The van der Waals surface area contributed by atoms with Crippen LogP contribution in [0.5, 0.6) is 5.75 Å². The quantitative estimate of drug-likeness (QED) is 0.601. The number of aliphatic hydroxyl groups is 2. The summed E-state index contributed by atoms with van der Waals surface area (Å²) in [6, 6.07) is 3.95. The number of hydrogen-bond donors (Lipinski definition) is 2. The van der Waals surface area contributed by atoms with Crippen molar-refractivity contribution in [3.8, 4) is 5.75 Å². The van der Waals surface area contributed by atoms with E-state index in [1.54, 1.807) is 0 Å². The molecule has 0 fully saturated rings. The molecule has 2 N–H and O–H groups in total. The molecule has 0 radical (unpaired) electrons. The zero-order chi connectivity index (χ0) is 15.3. The minimum atomic E-state index is -1.45. The van der Waals surface area contributed by atoms with E-state index in [9.17, 15) is 25.1 Å². The lowest BCUT2D eigenvalue weighted by Gasteiger charge is -2.17. The standard InChI is InChI=1S/C12H15NO6S/c1-7(14)20-6-11(15)12(16)9-4-3-8(19-2)5-10(9)13(17)18/h3-5,11-12,15-16H,6H2,1-2H3. The van der Waals surface area contributed by atoms with E-state index in [-0.39, 0.29) is 27.9 Å². The van der Waals surface area contributed by atoms with Crippen molar-refractivity contribution in [3.05, 3.63) is 33.9 Å². The summed E-state index contributed by atoms with van der Waals surface area (Å²) in [6.45, 7) is 1.33. The van der Waals surface area contributed by atoms with Crippen molar-refractivity contribution >= 4 is 22.6 Å². The molecular formula is C12H15NO6S. The predicted molar refractivity (Wildman–Crippen MR) is 73.8 cm³/mol. The number of carbonyl (C=O) groups is 1. The number of aliphatic hydroxyl groups excluding tert-OH is 2. The van der Waals surface area contributed by atoms with Crippen molar-refractivity contribution in [2.24, 2.45) is 0 Å². The number of methoxy groups -OCH3 is 1. The van der Waals surface area contributed by atoms with Crippen molar-refractivity contribution in [1.29, 1.82) is 0 Å². The summed E-state index contributed by atoms with van der Waals surface area (Å²) in [4.78, 5) is 21.1. The molecular weight excluding hydrogens is 286 g/mol. The van der Waals surface area contributed by atoms with Crippen LogP contribution in [-0.2, 0) is 4.79 Å². The highest BCUT2D eigenvalue weighted by Gasteiger charge is 2.27. The van der Waals surface area contributed by atoms with Gasteiger partial charge in [-0.05, 0) is 12.1 Å². The van der Waals surface area contributed by atoms with Gasteiger partial charge in [-0.15, -0.1) is 0 Å². The van der Waals surface area contributed by atoms with Crippen LogP contribution in [0.4, 0.5) is 5.69 Å². The summed E-state index contributed by atoms with van der Waals surface area (Å²) in [5.74, 6) is 0.236. The fraction of sp³-hybridized carbons (Fsp3) is 0.417. The topological polar surface area (TPSA) is 110 Å². The van der Waals surface area contributed by atoms with Gasteiger partial charge >= 0.3 is 0 Å². The number of carbonyl (C=O) groups excluding carboxylic acids is 1. The van der Waals surface area contributed by atoms with E-state index in [1.807, 2.05) is 0 Å². The smallest absolute Gasteiger partial charge is 0.279 e. The molecule has 0 aliphatic heterocycles. The molecule has 0 bridgehead atoms. The van der Waals surface area contributed by atoms with E-state index >= 15 is 0 Å². The van der Waals surface area contributed by atoms with Crippen LogP contribution in [0.15, 0.2) is 18.2 Å². The lowest BCUT2D eigenvalue weighted by atomic mass is 10.0. The summed E-state index contributed by atoms with van der Waals surface area (Å²) in [7, 11) is 1.37. The molecule has 20 heavy (non-hydrogen) atoms. The molecule has 8 heteroatoms. The Hall–Kier alpha value is -1.64. The molecule has 0 aliphatic rings. The number of nitro groups is 1. The van der Waals surface area contributed by atoms with Crippen LogP contribution < -0.4 is 4.74 Å². The maximum absolute atomic E-state index is 11.0. The van der Waals surface area contributed by atoms with Crippen LogP contribution in [0.25, 0.3) is 0 Å². The highest BCUT2D eigenvalue weighted by molar-refractivity contribution is 8.13. The second-order valence-corrected chi connectivity index (χ2v) is 5.19. The summed E-state index contributed by atoms with van der Waals surface area (Å²) in [6.07, 6.45) is -2.73. The van der Waals surface area contributed by atoms with Crippen LogP contribution >= 0.6 is 11.8 Å². The van der Waals surface area contributed by atoms with Gasteiger partial charge in [-0.3, -0.25) is 14.9 Å². The Bertz CT molecular complexity index is 507. The number of benzene rings is 1. The van der Waals surface area contributed by atoms with Gasteiger partial charge in [-0.2, -0.15) is 0 Å². The number of nitrogens with zero attached hydrogens (tertiary/aromatic N) is 1. The molecule has 1 rings (SSSR count). The van der Waals surface area contributed by atoms with Crippen molar-refractivity contribution in [1.82, 2.24) is 0 Å². The monoisotopic (exact) mass is 301 g/mol. The SMILES string of the molecule is COc1ccc(C(O)C(O)CSC(C)=O)c([N+](=O)[O-])c1. The lowest BCUT2D eigenvalue weighted by Crippen LogP contribution is -2.22. The van der Waals surface area contributed by atoms with Crippen LogP contribution in [0, 0.1) is 10.1 Å². The Morgan fingerprint density at radius 1 is 1.50 bits per heavy atom. The van der Waals surface area contributed by atoms with Gasteiger partial charge in [0.05, 0.1) is 29.8 Å². The average molecular weight is 301 g/mol. The second kappa shape index (κ2) is 7.22. The molecule has 0 aromatic heterocycles. The third-order valence-corrected chi connectivity index (χ3v) is 3.49. The van der Waals surface area contributed by atoms with Crippen molar-refractivity contribution in [2.75, 3.05) is 12.9 Å². The summed E-state index contributed by atoms with van der Waals surface area (Å²) < 4.78 is 4.88. The number of rotatable bonds is 6. The van der Waals surface area contributed by atoms with Gasteiger partial charge in [0.1, 0.15) is 11.9 Å². The Kier molecular flexibility index (Phi) is 5.93. The average Bonchev–Trinajstić information content (AvgIpc) is 2.43.